The molecule has 0 spiro atoms. The van der Waals surface area contributed by atoms with Crippen molar-refractivity contribution in [3.63, 3.8) is 0 Å². The van der Waals surface area contributed by atoms with Gasteiger partial charge >= 0.3 is 0 Å². The summed E-state index contributed by atoms with van der Waals surface area (Å²) in [4.78, 5) is 12.7. The lowest BCUT2D eigenvalue weighted by atomic mass is 9.96. The summed E-state index contributed by atoms with van der Waals surface area (Å²) in [7, 11) is -3.35. The topological polar surface area (TPSA) is 66.5 Å². The summed E-state index contributed by atoms with van der Waals surface area (Å²) in [5.41, 5.74) is 1.89. The third-order valence-corrected chi connectivity index (χ3v) is 7.19. The largest absolute Gasteiger partial charge is 0.349 e. The number of hydrogen-bond acceptors (Lipinski definition) is 3. The second kappa shape index (κ2) is 9.34. The highest BCUT2D eigenvalue weighted by Crippen LogP contribution is 2.24. The number of sulfonamides is 1. The first-order chi connectivity index (χ1) is 13.5. The summed E-state index contributed by atoms with van der Waals surface area (Å²) < 4.78 is 26.9. The van der Waals surface area contributed by atoms with E-state index in [1.807, 2.05) is 60.7 Å². The van der Waals surface area contributed by atoms with E-state index in [4.69, 9.17) is 0 Å². The molecule has 1 aliphatic rings. The lowest BCUT2D eigenvalue weighted by Crippen LogP contribution is -2.44. The van der Waals surface area contributed by atoms with Gasteiger partial charge in [0.25, 0.3) is 0 Å². The summed E-state index contributed by atoms with van der Waals surface area (Å²) >= 11 is 0. The van der Waals surface area contributed by atoms with Crippen LogP contribution in [0.25, 0.3) is 0 Å². The Bertz CT molecular complexity index is 861. The average Bonchev–Trinajstić information content (AvgIpc) is 2.73. The SMILES string of the molecule is CC[C@H](NC(=O)C1CCN(S(=O)(=O)Cc2ccccc2)CC1)c1ccccc1. The van der Waals surface area contributed by atoms with E-state index in [0.717, 1.165) is 17.5 Å². The van der Waals surface area contributed by atoms with Crippen LogP contribution in [0.1, 0.15) is 43.4 Å². The van der Waals surface area contributed by atoms with E-state index < -0.39 is 10.0 Å². The minimum absolute atomic E-state index is 0.00598. The highest BCUT2D eigenvalue weighted by Gasteiger charge is 2.31. The van der Waals surface area contributed by atoms with Gasteiger partial charge in [-0.1, -0.05) is 67.6 Å². The molecule has 1 saturated heterocycles. The molecule has 2 aromatic rings. The fourth-order valence-corrected chi connectivity index (χ4v) is 5.23. The van der Waals surface area contributed by atoms with Crippen LogP contribution in [0.5, 0.6) is 0 Å². The van der Waals surface area contributed by atoms with Crippen LogP contribution in [0.4, 0.5) is 0 Å². The maximum Gasteiger partial charge on any atom is 0.223 e. The molecule has 5 nitrogen and oxygen atoms in total. The Balaban J connectivity index is 1.55. The molecule has 0 aliphatic carbocycles. The number of carbonyl (C=O) groups is 1. The number of carbonyl (C=O) groups excluding carboxylic acids is 1. The Kier molecular flexibility index (Phi) is 6.86. The van der Waals surface area contributed by atoms with Crippen LogP contribution < -0.4 is 5.32 Å². The van der Waals surface area contributed by atoms with Crippen molar-refractivity contribution in [3.05, 3.63) is 71.8 Å². The van der Waals surface area contributed by atoms with Gasteiger partial charge in [0.05, 0.1) is 11.8 Å². The lowest BCUT2D eigenvalue weighted by molar-refractivity contribution is -0.126. The number of amides is 1. The summed E-state index contributed by atoms with van der Waals surface area (Å²) in [5.74, 6) is -0.104. The maximum atomic E-state index is 12.7. The van der Waals surface area contributed by atoms with E-state index in [2.05, 4.69) is 12.2 Å². The Morgan fingerprint density at radius 2 is 1.61 bits per heavy atom. The van der Waals surface area contributed by atoms with Crippen LogP contribution in [0.15, 0.2) is 60.7 Å². The second-order valence-electron chi connectivity index (χ2n) is 7.30. The van der Waals surface area contributed by atoms with Gasteiger partial charge in [-0.05, 0) is 30.4 Å². The van der Waals surface area contributed by atoms with Crippen LogP contribution in [-0.4, -0.2) is 31.7 Å². The van der Waals surface area contributed by atoms with E-state index in [1.54, 1.807) is 0 Å². The van der Waals surface area contributed by atoms with Gasteiger partial charge in [0, 0.05) is 19.0 Å². The Morgan fingerprint density at radius 1 is 1.04 bits per heavy atom. The van der Waals surface area contributed by atoms with Gasteiger partial charge in [-0.2, -0.15) is 0 Å². The predicted molar refractivity (Wildman–Crippen MR) is 111 cm³/mol. The van der Waals surface area contributed by atoms with Gasteiger partial charge in [-0.25, -0.2) is 12.7 Å². The normalized spacial score (nSPS) is 17.2. The van der Waals surface area contributed by atoms with Crippen molar-refractivity contribution in [3.8, 4) is 0 Å². The molecule has 0 unspecified atom stereocenters. The summed E-state index contributed by atoms with van der Waals surface area (Å²) in [6, 6.07) is 19.2. The highest BCUT2D eigenvalue weighted by atomic mass is 32.2. The molecule has 1 fully saturated rings. The molecule has 0 bridgehead atoms. The molecule has 1 heterocycles. The predicted octanol–water partition coefficient (Wildman–Crippen LogP) is 3.50. The van der Waals surface area contributed by atoms with Gasteiger partial charge in [0.15, 0.2) is 0 Å². The molecule has 1 aliphatic heterocycles. The molecule has 0 saturated carbocycles. The van der Waals surface area contributed by atoms with Crippen molar-refractivity contribution >= 4 is 15.9 Å². The number of nitrogens with zero attached hydrogens (tertiary/aromatic N) is 1. The van der Waals surface area contributed by atoms with Crippen molar-refractivity contribution in [2.45, 2.75) is 38.0 Å². The molecule has 0 radical (unpaired) electrons. The minimum Gasteiger partial charge on any atom is -0.349 e. The molecule has 1 N–H and O–H groups in total. The molecule has 1 amide bonds. The van der Waals surface area contributed by atoms with Crippen molar-refractivity contribution in [2.24, 2.45) is 5.92 Å². The molecule has 6 heteroatoms. The Labute approximate surface area is 167 Å². The maximum absolute atomic E-state index is 12.7. The zero-order valence-corrected chi connectivity index (χ0v) is 17.1. The van der Waals surface area contributed by atoms with Crippen LogP contribution in [-0.2, 0) is 20.6 Å². The number of piperidine rings is 1. The zero-order valence-electron chi connectivity index (χ0n) is 16.3. The third-order valence-electron chi connectivity index (χ3n) is 5.34. The van der Waals surface area contributed by atoms with E-state index in [9.17, 15) is 13.2 Å². The van der Waals surface area contributed by atoms with Crippen LogP contribution in [0.3, 0.4) is 0 Å². The van der Waals surface area contributed by atoms with Gasteiger partial charge in [0.2, 0.25) is 15.9 Å². The van der Waals surface area contributed by atoms with Crippen LogP contribution in [0.2, 0.25) is 0 Å². The fourth-order valence-electron chi connectivity index (χ4n) is 3.67. The highest BCUT2D eigenvalue weighted by molar-refractivity contribution is 7.88. The van der Waals surface area contributed by atoms with Gasteiger partial charge in [-0.15, -0.1) is 0 Å². The van der Waals surface area contributed by atoms with E-state index in [-0.39, 0.29) is 23.6 Å². The van der Waals surface area contributed by atoms with Crippen molar-refractivity contribution in [1.29, 1.82) is 0 Å². The van der Waals surface area contributed by atoms with Crippen molar-refractivity contribution < 1.29 is 13.2 Å². The first-order valence-corrected chi connectivity index (χ1v) is 11.5. The molecule has 0 aromatic heterocycles. The number of rotatable bonds is 7. The van der Waals surface area contributed by atoms with E-state index >= 15 is 0 Å². The smallest absolute Gasteiger partial charge is 0.223 e. The van der Waals surface area contributed by atoms with Crippen LogP contribution >= 0.6 is 0 Å². The van der Waals surface area contributed by atoms with Gasteiger partial charge in [0.1, 0.15) is 0 Å². The number of benzene rings is 2. The molecular weight excluding hydrogens is 372 g/mol. The lowest BCUT2D eigenvalue weighted by Gasteiger charge is -2.31. The molecular formula is C22H28N2O3S. The van der Waals surface area contributed by atoms with Crippen molar-refractivity contribution in [1.82, 2.24) is 9.62 Å². The van der Waals surface area contributed by atoms with Crippen molar-refractivity contribution in [2.75, 3.05) is 13.1 Å². The average molecular weight is 401 g/mol. The second-order valence-corrected chi connectivity index (χ2v) is 9.26. The summed E-state index contributed by atoms with van der Waals surface area (Å²) in [5, 5.41) is 3.14. The van der Waals surface area contributed by atoms with Gasteiger partial charge < -0.3 is 5.32 Å². The minimum atomic E-state index is -3.35. The first kappa shape index (κ1) is 20.6. The standard InChI is InChI=1S/C22H28N2O3S/c1-2-21(19-11-7-4-8-12-19)23-22(25)20-13-15-24(16-14-20)28(26,27)17-18-9-5-3-6-10-18/h3-12,20-21H,2,13-17H2,1H3,(H,23,25)/t21-/m0/s1. The zero-order chi connectivity index (χ0) is 20.0. The van der Waals surface area contributed by atoms with E-state index in [0.29, 0.717) is 25.9 Å². The number of hydrogen-bond donors (Lipinski definition) is 1. The van der Waals surface area contributed by atoms with E-state index in [1.165, 1.54) is 4.31 Å². The monoisotopic (exact) mass is 400 g/mol. The third kappa shape index (κ3) is 5.20. The molecule has 28 heavy (non-hydrogen) atoms. The van der Waals surface area contributed by atoms with Crippen LogP contribution in [0, 0.1) is 5.92 Å². The first-order valence-electron chi connectivity index (χ1n) is 9.86. The number of nitrogens with one attached hydrogen (secondary N) is 1. The molecule has 3 rings (SSSR count). The molecule has 2 aromatic carbocycles. The van der Waals surface area contributed by atoms with Gasteiger partial charge in [-0.3, -0.25) is 4.79 Å². The summed E-state index contributed by atoms with van der Waals surface area (Å²) in [6.07, 6.45) is 1.94. The fraction of sp³-hybridized carbons (Fsp3) is 0.409. The Hall–Kier alpha value is -2.18. The Morgan fingerprint density at radius 3 is 2.18 bits per heavy atom. The molecule has 150 valence electrons. The molecule has 1 atom stereocenters. The summed E-state index contributed by atoms with van der Waals surface area (Å²) in [6.45, 7) is 2.85. The quantitative estimate of drug-likeness (QED) is 0.774.